The first-order chi connectivity index (χ1) is 9.88. The average Bonchev–Trinajstić information content (AvgIpc) is 2.33. The molecule has 2 saturated carbocycles. The fourth-order valence-electron chi connectivity index (χ4n) is 3.87. The van der Waals surface area contributed by atoms with E-state index in [0.717, 1.165) is 35.4 Å². The van der Waals surface area contributed by atoms with Crippen molar-refractivity contribution in [3.05, 3.63) is 23.4 Å². The maximum Gasteiger partial charge on any atom is 0.249 e. The van der Waals surface area contributed by atoms with E-state index in [0.29, 0.717) is 5.65 Å². The summed E-state index contributed by atoms with van der Waals surface area (Å²) in [5.41, 5.74) is 3.77. The smallest absolute Gasteiger partial charge is 0.246 e. The fraction of sp³-hybridized carbons (Fsp3) is 0.600. The lowest BCUT2D eigenvalue weighted by Crippen LogP contribution is -2.53. The summed E-state index contributed by atoms with van der Waals surface area (Å²) < 4.78 is 26.2. The van der Waals surface area contributed by atoms with E-state index in [1.54, 1.807) is 0 Å². The van der Waals surface area contributed by atoms with Crippen molar-refractivity contribution in [2.75, 3.05) is 0 Å². The van der Waals surface area contributed by atoms with Gasteiger partial charge in [0.1, 0.15) is 11.8 Å². The van der Waals surface area contributed by atoms with E-state index in [9.17, 15) is 8.78 Å². The van der Waals surface area contributed by atoms with Gasteiger partial charge in [0.2, 0.25) is 5.92 Å². The summed E-state index contributed by atoms with van der Waals surface area (Å²) in [7, 11) is 0. The Bertz CT molecular complexity index is 728. The average molecular weight is 290 g/mol. The minimum Gasteiger partial charge on any atom is -0.246 e. The largest absolute Gasteiger partial charge is 0.249 e. The second-order valence-electron chi connectivity index (χ2n) is 6.64. The van der Waals surface area contributed by atoms with E-state index < -0.39 is 5.92 Å². The Morgan fingerprint density at radius 2 is 1.71 bits per heavy atom. The molecule has 4 nitrogen and oxygen atoms in total. The van der Waals surface area contributed by atoms with Crippen molar-refractivity contribution in [3.63, 3.8) is 0 Å². The molecule has 0 unspecified atom stereocenters. The molecule has 1 spiro atoms. The Morgan fingerprint density at radius 3 is 2.38 bits per heavy atom. The summed E-state index contributed by atoms with van der Waals surface area (Å²) in [4.78, 5) is 17.5. The third kappa shape index (κ3) is 1.92. The molecule has 0 aromatic carbocycles. The van der Waals surface area contributed by atoms with Crippen molar-refractivity contribution in [3.8, 4) is 0 Å². The van der Waals surface area contributed by atoms with Gasteiger partial charge in [-0.1, -0.05) is 0 Å². The van der Waals surface area contributed by atoms with Crippen LogP contribution in [0.2, 0.25) is 0 Å². The zero-order chi connectivity index (χ0) is 14.8. The van der Waals surface area contributed by atoms with Gasteiger partial charge in [-0.05, 0) is 32.1 Å². The Kier molecular flexibility index (Phi) is 2.43. The molecule has 0 bridgehead atoms. The van der Waals surface area contributed by atoms with Gasteiger partial charge >= 0.3 is 0 Å². The van der Waals surface area contributed by atoms with Crippen LogP contribution in [-0.2, 0) is 0 Å². The minimum atomic E-state index is -2.45. The third-order valence-electron chi connectivity index (χ3n) is 4.92. The molecular formula is C15H16F2N4. The van der Waals surface area contributed by atoms with Gasteiger partial charge in [0.05, 0.1) is 17.1 Å². The summed E-state index contributed by atoms with van der Waals surface area (Å²) in [6.07, 6.45) is 3.13. The Balaban J connectivity index is 1.65. The molecule has 21 heavy (non-hydrogen) atoms. The summed E-state index contributed by atoms with van der Waals surface area (Å²) in [5.74, 6) is -2.24. The van der Waals surface area contributed by atoms with Crippen LogP contribution in [0.3, 0.4) is 0 Å². The highest BCUT2D eigenvalue weighted by Crippen LogP contribution is 2.66. The van der Waals surface area contributed by atoms with Crippen LogP contribution < -0.4 is 0 Å². The van der Waals surface area contributed by atoms with Crippen molar-refractivity contribution in [1.29, 1.82) is 0 Å². The molecule has 6 heteroatoms. The predicted molar refractivity (Wildman–Crippen MR) is 73.2 cm³/mol. The van der Waals surface area contributed by atoms with Gasteiger partial charge in [0.25, 0.3) is 0 Å². The number of rotatable bonds is 1. The Morgan fingerprint density at radius 1 is 1.05 bits per heavy atom. The number of nitrogens with zero attached hydrogens (tertiary/aromatic N) is 4. The lowest BCUT2D eigenvalue weighted by atomic mass is 9.49. The molecule has 0 N–H and O–H groups in total. The molecule has 2 aliphatic carbocycles. The zero-order valence-corrected chi connectivity index (χ0v) is 12.0. The molecule has 0 atom stereocenters. The normalized spacial score (nSPS) is 23.0. The lowest BCUT2D eigenvalue weighted by molar-refractivity contribution is -0.196. The molecule has 4 rings (SSSR count). The van der Waals surface area contributed by atoms with E-state index in [2.05, 4.69) is 19.9 Å². The SMILES string of the molecule is Cc1nc2ncnc(C3CC4(C3)CC(F)(F)C4)c2nc1C. The van der Waals surface area contributed by atoms with Gasteiger partial charge < -0.3 is 0 Å². The van der Waals surface area contributed by atoms with Crippen LogP contribution in [0.1, 0.15) is 48.7 Å². The number of aromatic nitrogens is 4. The molecule has 0 amide bonds. The molecule has 2 aromatic heterocycles. The molecular weight excluding hydrogens is 274 g/mol. The second kappa shape index (κ2) is 3.93. The van der Waals surface area contributed by atoms with Crippen molar-refractivity contribution < 1.29 is 8.78 Å². The number of hydrogen-bond acceptors (Lipinski definition) is 4. The van der Waals surface area contributed by atoms with Crippen LogP contribution in [0.5, 0.6) is 0 Å². The maximum absolute atomic E-state index is 13.1. The topological polar surface area (TPSA) is 51.6 Å². The summed E-state index contributed by atoms with van der Waals surface area (Å²) in [6.45, 7) is 3.81. The van der Waals surface area contributed by atoms with Crippen LogP contribution in [0.25, 0.3) is 11.2 Å². The summed E-state index contributed by atoms with van der Waals surface area (Å²) in [6, 6.07) is 0. The minimum absolute atomic E-state index is 0.0311. The first-order valence-electron chi connectivity index (χ1n) is 7.21. The first kappa shape index (κ1) is 13.0. The van der Waals surface area contributed by atoms with Crippen LogP contribution in [0.4, 0.5) is 8.78 Å². The van der Waals surface area contributed by atoms with E-state index >= 15 is 0 Å². The van der Waals surface area contributed by atoms with Crippen molar-refractivity contribution >= 4 is 11.2 Å². The highest BCUT2D eigenvalue weighted by atomic mass is 19.3. The monoisotopic (exact) mass is 290 g/mol. The molecule has 2 aromatic rings. The number of fused-ring (bicyclic) bond motifs is 1. The van der Waals surface area contributed by atoms with E-state index in [-0.39, 0.29) is 24.2 Å². The lowest BCUT2D eigenvalue weighted by Gasteiger charge is -2.57. The Labute approximate surface area is 121 Å². The highest BCUT2D eigenvalue weighted by molar-refractivity contribution is 5.73. The Hall–Kier alpha value is -1.72. The standard InChI is InChI=1S/C15H16F2N4/c1-8-9(2)21-13-12(20-8)11(18-7-19-13)10-3-14(4-10)5-15(16,17)6-14/h7,10H,3-6H2,1-2H3. The van der Waals surface area contributed by atoms with Gasteiger partial charge in [0, 0.05) is 18.8 Å². The van der Waals surface area contributed by atoms with Crippen molar-refractivity contribution in [1.82, 2.24) is 19.9 Å². The van der Waals surface area contributed by atoms with Gasteiger partial charge in [-0.3, -0.25) is 0 Å². The highest BCUT2D eigenvalue weighted by Gasteiger charge is 2.62. The number of hydrogen-bond donors (Lipinski definition) is 0. The number of alkyl halides is 2. The quantitative estimate of drug-likeness (QED) is 0.808. The fourth-order valence-corrected chi connectivity index (χ4v) is 3.87. The maximum atomic E-state index is 13.1. The summed E-state index contributed by atoms with van der Waals surface area (Å²) in [5, 5.41) is 0. The molecule has 0 aliphatic heterocycles. The van der Waals surface area contributed by atoms with E-state index in [1.165, 1.54) is 6.33 Å². The molecule has 2 heterocycles. The third-order valence-corrected chi connectivity index (χ3v) is 4.92. The van der Waals surface area contributed by atoms with Gasteiger partial charge in [-0.25, -0.2) is 28.7 Å². The molecule has 0 saturated heterocycles. The number of halogens is 2. The first-order valence-corrected chi connectivity index (χ1v) is 7.21. The predicted octanol–water partition coefficient (Wildman–Crippen LogP) is 3.33. The van der Waals surface area contributed by atoms with Crippen molar-refractivity contribution in [2.45, 2.75) is 51.4 Å². The molecule has 110 valence electrons. The zero-order valence-electron chi connectivity index (χ0n) is 12.0. The second-order valence-corrected chi connectivity index (χ2v) is 6.64. The molecule has 0 radical (unpaired) electrons. The molecule has 2 aliphatic rings. The van der Waals surface area contributed by atoms with Crippen molar-refractivity contribution in [2.24, 2.45) is 5.41 Å². The van der Waals surface area contributed by atoms with Crippen LogP contribution in [0.15, 0.2) is 6.33 Å². The van der Waals surface area contributed by atoms with Gasteiger partial charge in [-0.15, -0.1) is 0 Å². The van der Waals surface area contributed by atoms with Crippen LogP contribution >= 0.6 is 0 Å². The van der Waals surface area contributed by atoms with Crippen LogP contribution in [-0.4, -0.2) is 25.9 Å². The number of aryl methyl sites for hydroxylation is 2. The summed E-state index contributed by atoms with van der Waals surface area (Å²) >= 11 is 0. The van der Waals surface area contributed by atoms with Gasteiger partial charge in [-0.2, -0.15) is 0 Å². The van der Waals surface area contributed by atoms with E-state index in [1.807, 2.05) is 13.8 Å². The van der Waals surface area contributed by atoms with E-state index in [4.69, 9.17) is 0 Å². The van der Waals surface area contributed by atoms with Gasteiger partial charge in [0.15, 0.2) is 5.65 Å². The van der Waals surface area contributed by atoms with Crippen LogP contribution in [0, 0.1) is 19.3 Å². The molecule has 2 fully saturated rings.